The molecule has 2 aromatic rings. The first-order chi connectivity index (χ1) is 10.7. The SMILES string of the molecule is COC(=O)/C=C/c1ccccc1N=C=Nc1ccc(Br)cc1. The highest BCUT2D eigenvalue weighted by Crippen LogP contribution is 2.20. The molecular formula is C17H13BrN2O2. The summed E-state index contributed by atoms with van der Waals surface area (Å²) in [4.78, 5) is 19.5. The molecule has 0 saturated heterocycles. The Bertz CT molecular complexity index is 746. The molecule has 0 bridgehead atoms. The van der Waals surface area contributed by atoms with Gasteiger partial charge in [0.1, 0.15) is 6.01 Å². The highest BCUT2D eigenvalue weighted by molar-refractivity contribution is 9.10. The van der Waals surface area contributed by atoms with Crippen LogP contribution in [0.1, 0.15) is 5.56 Å². The van der Waals surface area contributed by atoms with Crippen LogP contribution in [0.5, 0.6) is 0 Å². The van der Waals surface area contributed by atoms with E-state index in [2.05, 4.69) is 36.7 Å². The van der Waals surface area contributed by atoms with E-state index in [1.165, 1.54) is 13.2 Å². The zero-order valence-corrected chi connectivity index (χ0v) is 13.4. The predicted octanol–water partition coefficient (Wildman–Crippen LogP) is 4.77. The van der Waals surface area contributed by atoms with Gasteiger partial charge in [0.15, 0.2) is 0 Å². The van der Waals surface area contributed by atoms with Crippen LogP contribution in [0.3, 0.4) is 0 Å². The van der Waals surface area contributed by atoms with Crippen molar-refractivity contribution in [1.29, 1.82) is 0 Å². The van der Waals surface area contributed by atoms with Crippen molar-refractivity contribution in [3.05, 3.63) is 64.6 Å². The Morgan fingerprint density at radius 2 is 1.86 bits per heavy atom. The molecule has 0 heterocycles. The molecule has 110 valence electrons. The van der Waals surface area contributed by atoms with Gasteiger partial charge in [0.05, 0.1) is 18.5 Å². The predicted molar refractivity (Wildman–Crippen MR) is 90.8 cm³/mol. The lowest BCUT2D eigenvalue weighted by Crippen LogP contribution is -1.93. The van der Waals surface area contributed by atoms with E-state index in [-0.39, 0.29) is 0 Å². The van der Waals surface area contributed by atoms with Crippen molar-refractivity contribution in [1.82, 2.24) is 0 Å². The van der Waals surface area contributed by atoms with Crippen molar-refractivity contribution in [2.45, 2.75) is 0 Å². The topological polar surface area (TPSA) is 51.0 Å². The third-order valence-electron chi connectivity index (χ3n) is 2.71. The van der Waals surface area contributed by atoms with E-state index < -0.39 is 5.97 Å². The van der Waals surface area contributed by atoms with Gasteiger partial charge in [-0.25, -0.2) is 4.79 Å². The number of ether oxygens (including phenoxy) is 1. The van der Waals surface area contributed by atoms with Gasteiger partial charge in [0, 0.05) is 16.1 Å². The monoisotopic (exact) mass is 356 g/mol. The van der Waals surface area contributed by atoms with Gasteiger partial charge >= 0.3 is 5.97 Å². The Morgan fingerprint density at radius 1 is 1.14 bits per heavy atom. The van der Waals surface area contributed by atoms with Crippen molar-refractivity contribution in [2.24, 2.45) is 9.98 Å². The molecule has 0 aromatic heterocycles. The summed E-state index contributed by atoms with van der Waals surface area (Å²) in [5.41, 5.74) is 2.21. The van der Waals surface area contributed by atoms with Crippen LogP contribution < -0.4 is 0 Å². The van der Waals surface area contributed by atoms with E-state index in [4.69, 9.17) is 0 Å². The number of rotatable bonds is 4. The Kier molecular flexibility index (Phi) is 5.83. The van der Waals surface area contributed by atoms with Gasteiger partial charge in [-0.05, 0) is 36.4 Å². The number of benzene rings is 2. The second-order valence-electron chi connectivity index (χ2n) is 4.22. The minimum atomic E-state index is -0.415. The van der Waals surface area contributed by atoms with Crippen molar-refractivity contribution in [3.8, 4) is 0 Å². The van der Waals surface area contributed by atoms with Crippen molar-refractivity contribution in [2.75, 3.05) is 7.11 Å². The first kappa shape index (κ1) is 15.9. The average Bonchev–Trinajstić information content (AvgIpc) is 2.55. The lowest BCUT2D eigenvalue weighted by molar-refractivity contribution is -0.134. The number of methoxy groups -OCH3 is 1. The molecule has 4 nitrogen and oxygen atoms in total. The first-order valence-corrected chi connectivity index (χ1v) is 7.25. The lowest BCUT2D eigenvalue weighted by Gasteiger charge is -1.97. The number of nitrogens with zero attached hydrogens (tertiary/aromatic N) is 2. The number of halogens is 1. The Hall–Kier alpha value is -2.49. The summed E-state index contributed by atoms with van der Waals surface area (Å²) in [6, 6.07) is 17.6. The highest BCUT2D eigenvalue weighted by atomic mass is 79.9. The van der Waals surface area contributed by atoms with Gasteiger partial charge in [-0.15, -0.1) is 0 Å². The van der Waals surface area contributed by atoms with E-state index in [9.17, 15) is 4.79 Å². The fourth-order valence-electron chi connectivity index (χ4n) is 1.61. The highest BCUT2D eigenvalue weighted by Gasteiger charge is 1.97. The standard InChI is InChI=1S/C17H13BrN2O2/c1-22-17(21)11-6-13-4-2-3-5-16(13)20-12-19-15-9-7-14(18)8-10-15/h2-11H,1H3/b11-6+. The van der Waals surface area contributed by atoms with Crippen molar-refractivity contribution >= 4 is 45.4 Å². The zero-order chi connectivity index (χ0) is 15.8. The molecule has 0 saturated carbocycles. The minimum Gasteiger partial charge on any atom is -0.466 e. The molecule has 22 heavy (non-hydrogen) atoms. The number of hydrogen-bond donors (Lipinski definition) is 0. The number of hydrogen-bond acceptors (Lipinski definition) is 4. The van der Waals surface area contributed by atoms with Gasteiger partial charge in [-0.1, -0.05) is 34.1 Å². The summed E-state index contributed by atoms with van der Waals surface area (Å²) in [6.45, 7) is 0. The molecule has 0 aliphatic carbocycles. The fourth-order valence-corrected chi connectivity index (χ4v) is 1.87. The van der Waals surface area contributed by atoms with Crippen LogP contribution in [0.2, 0.25) is 0 Å². The second-order valence-corrected chi connectivity index (χ2v) is 5.13. The maximum absolute atomic E-state index is 11.1. The van der Waals surface area contributed by atoms with Crippen molar-refractivity contribution < 1.29 is 9.53 Å². The molecule has 0 atom stereocenters. The van der Waals surface area contributed by atoms with Crippen molar-refractivity contribution in [3.63, 3.8) is 0 Å². The summed E-state index contributed by atoms with van der Waals surface area (Å²) in [5.74, 6) is -0.415. The molecule has 0 unspecified atom stereocenters. The zero-order valence-electron chi connectivity index (χ0n) is 11.9. The average molecular weight is 357 g/mol. The van der Waals surface area contributed by atoms with Gasteiger partial charge < -0.3 is 4.74 Å². The maximum atomic E-state index is 11.1. The molecule has 0 N–H and O–H groups in total. The van der Waals surface area contributed by atoms with Crippen LogP contribution in [-0.2, 0) is 9.53 Å². The molecule has 0 fully saturated rings. The summed E-state index contributed by atoms with van der Waals surface area (Å²) in [7, 11) is 1.33. The Morgan fingerprint density at radius 3 is 2.59 bits per heavy atom. The van der Waals surface area contributed by atoms with E-state index in [0.717, 1.165) is 15.7 Å². The molecule has 2 rings (SSSR count). The van der Waals surface area contributed by atoms with Gasteiger partial charge in [0.25, 0.3) is 0 Å². The fraction of sp³-hybridized carbons (Fsp3) is 0.0588. The largest absolute Gasteiger partial charge is 0.466 e. The van der Waals surface area contributed by atoms with Crippen LogP contribution in [0, 0.1) is 0 Å². The summed E-state index contributed by atoms with van der Waals surface area (Å²) >= 11 is 3.36. The van der Waals surface area contributed by atoms with Crippen LogP contribution >= 0.6 is 15.9 Å². The third-order valence-corrected chi connectivity index (χ3v) is 3.24. The summed E-state index contributed by atoms with van der Waals surface area (Å²) in [6.07, 6.45) is 2.99. The van der Waals surface area contributed by atoms with E-state index in [1.54, 1.807) is 6.08 Å². The summed E-state index contributed by atoms with van der Waals surface area (Å²) < 4.78 is 5.55. The third kappa shape index (κ3) is 4.81. The number of aliphatic imine (C=N–C) groups is 2. The maximum Gasteiger partial charge on any atom is 0.330 e. The molecule has 0 radical (unpaired) electrons. The minimum absolute atomic E-state index is 0.415. The molecule has 0 amide bonds. The van der Waals surface area contributed by atoms with E-state index in [0.29, 0.717) is 5.69 Å². The first-order valence-electron chi connectivity index (χ1n) is 6.46. The number of carbonyl (C=O) groups is 1. The second kappa shape index (κ2) is 8.08. The van der Waals surface area contributed by atoms with Crippen LogP contribution in [0.4, 0.5) is 11.4 Å². The number of para-hydroxylation sites is 1. The Labute approximate surface area is 137 Å². The Balaban J connectivity index is 2.22. The van der Waals surface area contributed by atoms with Crippen LogP contribution in [0.15, 0.2) is 69.1 Å². The van der Waals surface area contributed by atoms with E-state index in [1.807, 2.05) is 48.5 Å². The van der Waals surface area contributed by atoms with Crippen LogP contribution in [0.25, 0.3) is 6.08 Å². The number of esters is 1. The van der Waals surface area contributed by atoms with Crippen LogP contribution in [-0.4, -0.2) is 19.1 Å². The quantitative estimate of drug-likeness (QED) is 0.450. The van der Waals surface area contributed by atoms with Gasteiger partial charge in [-0.3, -0.25) is 0 Å². The summed E-state index contributed by atoms with van der Waals surface area (Å²) in [5, 5.41) is 0. The molecule has 0 aliphatic heterocycles. The molecule has 2 aromatic carbocycles. The molecule has 0 aliphatic rings. The molecule has 0 spiro atoms. The van der Waals surface area contributed by atoms with Gasteiger partial charge in [-0.2, -0.15) is 9.98 Å². The van der Waals surface area contributed by atoms with Gasteiger partial charge in [0.2, 0.25) is 0 Å². The van der Waals surface area contributed by atoms with E-state index >= 15 is 0 Å². The number of carbonyl (C=O) groups excluding carboxylic acids is 1. The lowest BCUT2D eigenvalue weighted by atomic mass is 10.1. The molecule has 5 heteroatoms. The smallest absolute Gasteiger partial charge is 0.330 e. The molecular weight excluding hydrogens is 344 g/mol. The normalized spacial score (nSPS) is 10.1.